The van der Waals surface area contributed by atoms with Gasteiger partial charge in [-0.1, -0.05) is 17.8 Å². The molecular formula is C17H15F2N5OS2. The standard InChI is InChI=1S/C17H15F2N5OS2/c1-3-6-24-10(2)22-23-17(24)27-9-15(25)21-16-20-14(8-26-16)11-4-5-12(18)13(19)7-11/h3-5,7-8H,1,6,9H2,2H3,(H,20,21,25). The molecule has 1 aromatic carbocycles. The number of amides is 1. The number of hydrogen-bond donors (Lipinski definition) is 1. The largest absolute Gasteiger partial charge is 0.302 e. The van der Waals surface area contributed by atoms with Crippen LogP contribution in [0.1, 0.15) is 5.82 Å². The fourth-order valence-corrected chi connectivity index (χ4v) is 3.74. The number of benzene rings is 1. The van der Waals surface area contributed by atoms with Gasteiger partial charge in [0.05, 0.1) is 11.4 Å². The highest BCUT2D eigenvalue weighted by atomic mass is 32.2. The van der Waals surface area contributed by atoms with Gasteiger partial charge < -0.3 is 9.88 Å². The predicted octanol–water partition coefficient (Wildman–Crippen LogP) is 3.91. The van der Waals surface area contributed by atoms with Gasteiger partial charge in [0.25, 0.3) is 0 Å². The Hall–Kier alpha value is -2.59. The molecule has 0 unspecified atom stereocenters. The lowest BCUT2D eigenvalue weighted by molar-refractivity contribution is -0.113. The summed E-state index contributed by atoms with van der Waals surface area (Å²) in [6.45, 7) is 6.08. The van der Waals surface area contributed by atoms with Crippen molar-refractivity contribution in [3.63, 3.8) is 0 Å². The average Bonchev–Trinajstić information content (AvgIpc) is 3.24. The molecule has 0 aliphatic rings. The van der Waals surface area contributed by atoms with Gasteiger partial charge in [-0.3, -0.25) is 4.79 Å². The van der Waals surface area contributed by atoms with Gasteiger partial charge in [0.1, 0.15) is 5.82 Å². The van der Waals surface area contributed by atoms with Crippen molar-refractivity contribution in [3.05, 3.63) is 53.7 Å². The number of rotatable bonds is 7. The molecule has 2 heterocycles. The van der Waals surface area contributed by atoms with Gasteiger partial charge >= 0.3 is 0 Å². The van der Waals surface area contributed by atoms with Gasteiger partial charge in [0.15, 0.2) is 21.9 Å². The fraction of sp³-hybridized carbons (Fsp3) is 0.176. The van der Waals surface area contributed by atoms with Crippen molar-refractivity contribution < 1.29 is 13.6 Å². The summed E-state index contributed by atoms with van der Waals surface area (Å²) in [5.41, 5.74) is 0.899. The number of thioether (sulfide) groups is 1. The lowest BCUT2D eigenvalue weighted by Gasteiger charge is -2.05. The maximum Gasteiger partial charge on any atom is 0.236 e. The summed E-state index contributed by atoms with van der Waals surface area (Å²) >= 11 is 2.46. The SMILES string of the molecule is C=CCn1c(C)nnc1SCC(=O)Nc1nc(-c2ccc(F)c(F)c2)cs1. The zero-order valence-electron chi connectivity index (χ0n) is 14.3. The van der Waals surface area contributed by atoms with Crippen LogP contribution in [0.15, 0.2) is 41.4 Å². The van der Waals surface area contributed by atoms with Crippen LogP contribution in [0.5, 0.6) is 0 Å². The fourth-order valence-electron chi connectivity index (χ4n) is 2.21. The van der Waals surface area contributed by atoms with E-state index in [2.05, 4.69) is 27.1 Å². The maximum atomic E-state index is 13.3. The Morgan fingerprint density at radius 3 is 2.93 bits per heavy atom. The summed E-state index contributed by atoms with van der Waals surface area (Å²) in [7, 11) is 0. The van der Waals surface area contributed by atoms with Crippen molar-refractivity contribution in [1.82, 2.24) is 19.7 Å². The molecule has 0 saturated carbocycles. The van der Waals surface area contributed by atoms with E-state index in [0.29, 0.717) is 28.1 Å². The van der Waals surface area contributed by atoms with Gasteiger partial charge in [-0.25, -0.2) is 13.8 Å². The van der Waals surface area contributed by atoms with E-state index < -0.39 is 11.6 Å². The molecule has 0 fully saturated rings. The summed E-state index contributed by atoms with van der Waals surface area (Å²) in [4.78, 5) is 16.4. The highest BCUT2D eigenvalue weighted by Gasteiger charge is 2.13. The zero-order chi connectivity index (χ0) is 19.4. The number of aryl methyl sites for hydroxylation is 1. The van der Waals surface area contributed by atoms with E-state index >= 15 is 0 Å². The van der Waals surface area contributed by atoms with Gasteiger partial charge in [-0.2, -0.15) is 0 Å². The molecule has 0 spiro atoms. The van der Waals surface area contributed by atoms with E-state index in [4.69, 9.17) is 0 Å². The van der Waals surface area contributed by atoms with Crippen LogP contribution >= 0.6 is 23.1 Å². The molecule has 0 atom stereocenters. The normalized spacial score (nSPS) is 10.8. The average molecular weight is 407 g/mol. The number of aromatic nitrogens is 4. The van der Waals surface area contributed by atoms with Crippen LogP contribution in [-0.2, 0) is 11.3 Å². The second-order valence-corrected chi connectivity index (χ2v) is 7.23. The van der Waals surface area contributed by atoms with E-state index in [1.165, 1.54) is 29.2 Å². The van der Waals surface area contributed by atoms with E-state index in [9.17, 15) is 13.6 Å². The number of nitrogens with one attached hydrogen (secondary N) is 1. The minimum atomic E-state index is -0.943. The molecule has 0 saturated heterocycles. The lowest BCUT2D eigenvalue weighted by atomic mass is 10.2. The molecule has 0 radical (unpaired) electrons. The Balaban J connectivity index is 1.61. The molecule has 1 N–H and O–H groups in total. The summed E-state index contributed by atoms with van der Waals surface area (Å²) in [5, 5.41) is 13.4. The van der Waals surface area contributed by atoms with Gasteiger partial charge in [-0.05, 0) is 25.1 Å². The second-order valence-electron chi connectivity index (χ2n) is 5.43. The van der Waals surface area contributed by atoms with Gasteiger partial charge in [-0.15, -0.1) is 28.1 Å². The number of anilines is 1. The summed E-state index contributed by atoms with van der Waals surface area (Å²) < 4.78 is 28.2. The lowest BCUT2D eigenvalue weighted by Crippen LogP contribution is -2.14. The summed E-state index contributed by atoms with van der Waals surface area (Å²) in [5.74, 6) is -1.23. The molecule has 0 bridgehead atoms. The minimum absolute atomic E-state index is 0.134. The van der Waals surface area contributed by atoms with Crippen molar-refractivity contribution in [3.8, 4) is 11.3 Å². The van der Waals surface area contributed by atoms with Crippen LogP contribution in [0.3, 0.4) is 0 Å². The molecular weight excluding hydrogens is 392 g/mol. The quantitative estimate of drug-likeness (QED) is 0.475. The first-order chi connectivity index (χ1) is 13.0. The van der Waals surface area contributed by atoms with E-state index in [1.54, 1.807) is 11.5 Å². The zero-order valence-corrected chi connectivity index (χ0v) is 15.9. The van der Waals surface area contributed by atoms with E-state index in [0.717, 1.165) is 18.0 Å². The van der Waals surface area contributed by atoms with Crippen molar-refractivity contribution in [1.29, 1.82) is 0 Å². The summed E-state index contributed by atoms with van der Waals surface area (Å²) in [6.07, 6.45) is 1.73. The molecule has 3 aromatic rings. The Morgan fingerprint density at radius 2 is 2.19 bits per heavy atom. The van der Waals surface area contributed by atoms with E-state index in [-0.39, 0.29) is 11.7 Å². The van der Waals surface area contributed by atoms with Crippen LogP contribution in [-0.4, -0.2) is 31.4 Å². The number of allylic oxidation sites excluding steroid dienone is 1. The number of nitrogens with zero attached hydrogens (tertiary/aromatic N) is 4. The second kappa shape index (κ2) is 8.40. The first kappa shape index (κ1) is 19.2. The number of halogens is 2. The predicted molar refractivity (Wildman–Crippen MR) is 102 cm³/mol. The van der Waals surface area contributed by atoms with Gasteiger partial charge in [0, 0.05) is 17.5 Å². The highest BCUT2D eigenvalue weighted by molar-refractivity contribution is 7.99. The third-order valence-electron chi connectivity index (χ3n) is 3.51. The molecule has 6 nitrogen and oxygen atoms in total. The van der Waals surface area contributed by atoms with Crippen molar-refractivity contribution in [2.45, 2.75) is 18.6 Å². The van der Waals surface area contributed by atoms with E-state index in [1.807, 2.05) is 11.5 Å². The maximum absolute atomic E-state index is 13.3. The van der Waals surface area contributed by atoms with Crippen LogP contribution in [0, 0.1) is 18.6 Å². The molecule has 0 aliphatic heterocycles. The minimum Gasteiger partial charge on any atom is -0.302 e. The Bertz CT molecular complexity index is 986. The molecule has 3 rings (SSSR count). The summed E-state index contributed by atoms with van der Waals surface area (Å²) in [6, 6.07) is 3.55. The number of carbonyl (C=O) groups excluding carboxylic acids is 1. The van der Waals surface area contributed by atoms with Crippen LogP contribution in [0.4, 0.5) is 13.9 Å². The van der Waals surface area contributed by atoms with Crippen molar-refractivity contribution in [2.24, 2.45) is 0 Å². The first-order valence-corrected chi connectivity index (χ1v) is 9.68. The topological polar surface area (TPSA) is 72.7 Å². The molecule has 2 aromatic heterocycles. The van der Waals surface area contributed by atoms with Crippen molar-refractivity contribution in [2.75, 3.05) is 11.1 Å². The molecule has 27 heavy (non-hydrogen) atoms. The first-order valence-electron chi connectivity index (χ1n) is 7.82. The smallest absolute Gasteiger partial charge is 0.236 e. The monoisotopic (exact) mass is 407 g/mol. The molecule has 1 amide bonds. The van der Waals surface area contributed by atoms with Crippen LogP contribution in [0.2, 0.25) is 0 Å². The number of carbonyl (C=O) groups is 1. The Kier molecular flexibility index (Phi) is 5.97. The third kappa shape index (κ3) is 4.58. The van der Waals surface area contributed by atoms with Gasteiger partial charge in [0.2, 0.25) is 5.91 Å². The van der Waals surface area contributed by atoms with Crippen LogP contribution in [0.25, 0.3) is 11.3 Å². The number of hydrogen-bond acceptors (Lipinski definition) is 6. The molecule has 140 valence electrons. The number of thiazole rings is 1. The molecule has 10 heteroatoms. The van der Waals surface area contributed by atoms with Crippen molar-refractivity contribution >= 4 is 34.1 Å². The Labute approximate surface area is 162 Å². The van der Waals surface area contributed by atoms with Crippen LogP contribution < -0.4 is 5.32 Å². The molecule has 0 aliphatic carbocycles. The highest BCUT2D eigenvalue weighted by Crippen LogP contribution is 2.26. The third-order valence-corrected chi connectivity index (χ3v) is 5.24. The Morgan fingerprint density at radius 1 is 1.37 bits per heavy atom.